The maximum Gasteiger partial charge on any atom is 0.0826 e. The van der Waals surface area contributed by atoms with Crippen molar-refractivity contribution in [2.75, 3.05) is 46.4 Å². The molecule has 0 radical (unpaired) electrons. The van der Waals surface area contributed by atoms with Crippen LogP contribution in [0.1, 0.15) is 27.7 Å². The van der Waals surface area contributed by atoms with E-state index in [1.807, 2.05) is 0 Å². The third-order valence-electron chi connectivity index (χ3n) is 3.59. The molecule has 1 heterocycles. The number of likely N-dealkylation sites (N-methyl/N-ethyl adjacent to an activating group) is 1. The van der Waals surface area contributed by atoms with E-state index in [0.717, 1.165) is 39.3 Å². The molecule has 0 aromatic heterocycles. The number of hydrogen-bond donors (Lipinski definition) is 1. The van der Waals surface area contributed by atoms with Gasteiger partial charge in [-0.1, -0.05) is 0 Å². The molecule has 1 atom stereocenters. The Balaban J connectivity index is 2.13. The highest BCUT2D eigenvalue weighted by Crippen LogP contribution is 2.04. The molecule has 0 bridgehead atoms. The molecule has 0 spiro atoms. The molecule has 0 amide bonds. The Bertz CT molecular complexity index is 213. The minimum atomic E-state index is 0.357. The normalized spacial score (nSPS) is 22.3. The molecule has 1 unspecified atom stereocenters. The molecule has 1 N–H and O–H groups in total. The summed E-state index contributed by atoms with van der Waals surface area (Å²) < 4.78 is 5.73. The van der Waals surface area contributed by atoms with E-state index >= 15 is 0 Å². The molecule has 18 heavy (non-hydrogen) atoms. The van der Waals surface area contributed by atoms with Crippen LogP contribution < -0.4 is 5.32 Å². The number of hydrogen-bond acceptors (Lipinski definition) is 4. The molecule has 4 heteroatoms. The second-order valence-corrected chi connectivity index (χ2v) is 5.88. The fourth-order valence-corrected chi connectivity index (χ4v) is 2.57. The van der Waals surface area contributed by atoms with E-state index in [0.29, 0.717) is 18.2 Å². The predicted octanol–water partition coefficient (Wildman–Crippen LogP) is 1.03. The van der Waals surface area contributed by atoms with Crippen LogP contribution in [-0.2, 0) is 4.74 Å². The topological polar surface area (TPSA) is 27.7 Å². The van der Waals surface area contributed by atoms with Crippen molar-refractivity contribution < 1.29 is 4.74 Å². The van der Waals surface area contributed by atoms with Crippen LogP contribution in [0.5, 0.6) is 0 Å². The maximum atomic E-state index is 5.73. The zero-order chi connectivity index (χ0) is 13.5. The van der Waals surface area contributed by atoms with Gasteiger partial charge in [-0.25, -0.2) is 0 Å². The first-order valence-corrected chi connectivity index (χ1v) is 7.27. The van der Waals surface area contributed by atoms with Crippen LogP contribution in [-0.4, -0.2) is 74.4 Å². The Morgan fingerprint density at radius 2 is 1.94 bits per heavy atom. The van der Waals surface area contributed by atoms with E-state index in [1.165, 1.54) is 0 Å². The molecule has 1 aliphatic heterocycles. The summed E-state index contributed by atoms with van der Waals surface area (Å²) in [6.45, 7) is 15.1. The second kappa shape index (κ2) is 8.10. The molecule has 1 aliphatic rings. The highest BCUT2D eigenvalue weighted by atomic mass is 16.5. The predicted molar refractivity (Wildman–Crippen MR) is 77.1 cm³/mol. The van der Waals surface area contributed by atoms with Gasteiger partial charge in [0.05, 0.1) is 12.7 Å². The van der Waals surface area contributed by atoms with Crippen LogP contribution in [0.2, 0.25) is 0 Å². The average molecular weight is 257 g/mol. The third-order valence-corrected chi connectivity index (χ3v) is 3.59. The Labute approximate surface area is 113 Å². The first kappa shape index (κ1) is 15.9. The van der Waals surface area contributed by atoms with Crippen molar-refractivity contribution in [1.82, 2.24) is 15.1 Å². The van der Waals surface area contributed by atoms with Gasteiger partial charge in [-0.3, -0.25) is 4.90 Å². The summed E-state index contributed by atoms with van der Waals surface area (Å²) in [4.78, 5) is 4.85. The second-order valence-electron chi connectivity index (χ2n) is 5.88. The van der Waals surface area contributed by atoms with Gasteiger partial charge in [0.25, 0.3) is 0 Å². The van der Waals surface area contributed by atoms with Gasteiger partial charge in [-0.15, -0.1) is 0 Å². The van der Waals surface area contributed by atoms with Gasteiger partial charge in [0.15, 0.2) is 0 Å². The fourth-order valence-electron chi connectivity index (χ4n) is 2.57. The van der Waals surface area contributed by atoms with Crippen LogP contribution >= 0.6 is 0 Å². The molecule has 0 aromatic rings. The molecule has 1 saturated heterocycles. The lowest BCUT2D eigenvalue weighted by Gasteiger charge is -2.32. The van der Waals surface area contributed by atoms with Gasteiger partial charge in [-0.2, -0.15) is 0 Å². The summed E-state index contributed by atoms with van der Waals surface area (Å²) in [5.74, 6) is 0. The lowest BCUT2D eigenvalue weighted by molar-refractivity contribution is -0.0183. The average Bonchev–Trinajstić information content (AvgIpc) is 2.27. The van der Waals surface area contributed by atoms with Crippen LogP contribution in [0.3, 0.4) is 0 Å². The lowest BCUT2D eigenvalue weighted by Crippen LogP contribution is -2.47. The zero-order valence-corrected chi connectivity index (χ0v) is 12.8. The summed E-state index contributed by atoms with van der Waals surface area (Å²) in [7, 11) is 2.16. The van der Waals surface area contributed by atoms with E-state index in [-0.39, 0.29) is 0 Å². The smallest absolute Gasteiger partial charge is 0.0826 e. The molecule has 1 rings (SSSR count). The lowest BCUT2D eigenvalue weighted by atomic mass is 10.2. The zero-order valence-electron chi connectivity index (χ0n) is 12.8. The number of rotatable bonds is 7. The number of ether oxygens (including phenoxy) is 1. The SMILES string of the molecule is CC(C)N(CCNCC1CN(C)CCO1)C(C)C. The largest absolute Gasteiger partial charge is 0.374 e. The Morgan fingerprint density at radius 1 is 1.28 bits per heavy atom. The molecule has 108 valence electrons. The van der Waals surface area contributed by atoms with Gasteiger partial charge in [0.2, 0.25) is 0 Å². The fraction of sp³-hybridized carbons (Fsp3) is 1.00. The molecule has 0 aliphatic carbocycles. The van der Waals surface area contributed by atoms with E-state index in [1.54, 1.807) is 0 Å². The minimum absolute atomic E-state index is 0.357. The van der Waals surface area contributed by atoms with Crippen LogP contribution in [0, 0.1) is 0 Å². The first-order valence-electron chi connectivity index (χ1n) is 7.27. The van der Waals surface area contributed by atoms with Gasteiger partial charge in [0, 0.05) is 44.8 Å². The molecule has 1 fully saturated rings. The molecular formula is C14H31N3O. The van der Waals surface area contributed by atoms with Crippen LogP contribution in [0.25, 0.3) is 0 Å². The van der Waals surface area contributed by atoms with Crippen molar-refractivity contribution in [3.63, 3.8) is 0 Å². The van der Waals surface area contributed by atoms with Gasteiger partial charge < -0.3 is 15.0 Å². The van der Waals surface area contributed by atoms with Gasteiger partial charge in [-0.05, 0) is 34.7 Å². The quantitative estimate of drug-likeness (QED) is 0.689. The monoisotopic (exact) mass is 257 g/mol. The summed E-state index contributed by atoms with van der Waals surface area (Å²) in [6, 6.07) is 1.23. The number of morpholine rings is 1. The van der Waals surface area contributed by atoms with Crippen LogP contribution in [0.4, 0.5) is 0 Å². The van der Waals surface area contributed by atoms with Crippen molar-refractivity contribution in [3.8, 4) is 0 Å². The Morgan fingerprint density at radius 3 is 2.50 bits per heavy atom. The van der Waals surface area contributed by atoms with E-state index in [2.05, 4.69) is 49.9 Å². The van der Waals surface area contributed by atoms with Gasteiger partial charge in [0.1, 0.15) is 0 Å². The maximum absolute atomic E-state index is 5.73. The summed E-state index contributed by atoms with van der Waals surface area (Å²) in [5, 5.41) is 3.52. The van der Waals surface area contributed by atoms with Crippen molar-refractivity contribution in [3.05, 3.63) is 0 Å². The molecule has 0 aromatic carbocycles. The molecule has 4 nitrogen and oxygen atoms in total. The molecular weight excluding hydrogens is 226 g/mol. The van der Waals surface area contributed by atoms with E-state index < -0.39 is 0 Å². The van der Waals surface area contributed by atoms with Crippen molar-refractivity contribution in [1.29, 1.82) is 0 Å². The van der Waals surface area contributed by atoms with Crippen molar-refractivity contribution >= 4 is 0 Å². The van der Waals surface area contributed by atoms with Crippen LogP contribution in [0.15, 0.2) is 0 Å². The minimum Gasteiger partial charge on any atom is -0.374 e. The summed E-state index contributed by atoms with van der Waals surface area (Å²) >= 11 is 0. The van der Waals surface area contributed by atoms with Gasteiger partial charge >= 0.3 is 0 Å². The molecule has 0 saturated carbocycles. The summed E-state index contributed by atoms with van der Waals surface area (Å²) in [5.41, 5.74) is 0. The van der Waals surface area contributed by atoms with E-state index in [4.69, 9.17) is 4.74 Å². The summed E-state index contributed by atoms with van der Waals surface area (Å²) in [6.07, 6.45) is 0.357. The highest BCUT2D eigenvalue weighted by molar-refractivity contribution is 4.73. The first-order chi connectivity index (χ1) is 8.50. The Kier molecular flexibility index (Phi) is 7.15. The van der Waals surface area contributed by atoms with Crippen molar-refractivity contribution in [2.24, 2.45) is 0 Å². The van der Waals surface area contributed by atoms with Crippen molar-refractivity contribution in [2.45, 2.75) is 45.9 Å². The Hall–Kier alpha value is -0.160. The number of nitrogens with zero attached hydrogens (tertiary/aromatic N) is 2. The number of nitrogens with one attached hydrogen (secondary N) is 1. The highest BCUT2D eigenvalue weighted by Gasteiger charge is 2.17. The third kappa shape index (κ3) is 5.65. The van der Waals surface area contributed by atoms with E-state index in [9.17, 15) is 0 Å². The standard InChI is InChI=1S/C14H31N3O/c1-12(2)17(13(3)4)7-6-15-10-14-11-16(5)8-9-18-14/h12-15H,6-11H2,1-5H3.